The molecule has 0 radical (unpaired) electrons. The number of likely N-dealkylation sites (N-methyl/N-ethyl adjacent to an activating group) is 1. The molecule has 17 heavy (non-hydrogen) atoms. The van der Waals surface area contributed by atoms with Crippen molar-refractivity contribution in [3.8, 4) is 0 Å². The molecule has 0 aliphatic heterocycles. The van der Waals surface area contributed by atoms with E-state index in [2.05, 4.69) is 31.6 Å². The van der Waals surface area contributed by atoms with Crippen LogP contribution in [0, 0.1) is 0 Å². The zero-order valence-electron chi connectivity index (χ0n) is 11.3. The van der Waals surface area contributed by atoms with E-state index in [1.165, 1.54) is 6.08 Å². The highest BCUT2D eigenvalue weighted by Crippen LogP contribution is 1.94. The molecule has 98 valence electrons. The van der Waals surface area contributed by atoms with Gasteiger partial charge in [0.25, 0.3) is 5.91 Å². The lowest BCUT2D eigenvalue weighted by atomic mass is 10.2. The number of hydrogen-bond donors (Lipinski definition) is 1. The summed E-state index contributed by atoms with van der Waals surface area (Å²) in [5, 5.41) is 2.66. The quantitative estimate of drug-likeness (QED) is 0.567. The Hall–Kier alpha value is -1.83. The maximum Gasteiger partial charge on any atom is 0.251 e. The minimum absolute atomic E-state index is 0. The third-order valence-electron chi connectivity index (χ3n) is 1.28. The standard InChI is InChI=1S/C9H13NO.C4H6.C2H6.H2/c1-4-7-8(5-2)9(11)10-6-3;1-3-4-2;1-2;/h4-5,7H,1-2,6H2,3H3,(H,10,11);3-4H,1-2H2;1-2H3;1H/b8-7+;;;. The Bertz CT molecular complexity index is 262. The zero-order valence-corrected chi connectivity index (χ0v) is 11.3. The van der Waals surface area contributed by atoms with Crippen molar-refractivity contribution in [1.82, 2.24) is 5.32 Å². The van der Waals surface area contributed by atoms with Crippen LogP contribution in [-0.4, -0.2) is 12.5 Å². The molecule has 0 aliphatic carbocycles. The number of hydrogen-bond acceptors (Lipinski definition) is 1. The fraction of sp³-hybridized carbons (Fsp3) is 0.267. The van der Waals surface area contributed by atoms with Gasteiger partial charge in [0.1, 0.15) is 0 Å². The second-order valence-corrected chi connectivity index (χ2v) is 2.39. The molecule has 0 fully saturated rings. The number of rotatable bonds is 5. The molecule has 0 aromatic carbocycles. The predicted octanol–water partition coefficient (Wildman–Crippen LogP) is 4.05. The maximum atomic E-state index is 11.1. The van der Waals surface area contributed by atoms with E-state index in [9.17, 15) is 4.79 Å². The molecule has 0 saturated carbocycles. The van der Waals surface area contributed by atoms with Crippen molar-refractivity contribution in [3.05, 3.63) is 62.3 Å². The summed E-state index contributed by atoms with van der Waals surface area (Å²) in [6.45, 7) is 20.2. The Balaban J connectivity index is -0.000000119. The first kappa shape index (κ1) is 20.6. The van der Waals surface area contributed by atoms with E-state index in [0.717, 1.165) is 0 Å². The first-order valence-electron chi connectivity index (χ1n) is 5.64. The van der Waals surface area contributed by atoms with E-state index >= 15 is 0 Å². The van der Waals surface area contributed by atoms with Gasteiger partial charge in [0.05, 0.1) is 0 Å². The van der Waals surface area contributed by atoms with E-state index in [4.69, 9.17) is 0 Å². The first-order chi connectivity index (χ1) is 8.17. The summed E-state index contributed by atoms with van der Waals surface area (Å²) in [5.41, 5.74) is 0.543. The Morgan fingerprint density at radius 1 is 1.12 bits per heavy atom. The van der Waals surface area contributed by atoms with Crippen LogP contribution in [0.1, 0.15) is 22.2 Å². The lowest BCUT2D eigenvalue weighted by Crippen LogP contribution is -2.23. The average Bonchev–Trinajstić information content (AvgIpc) is 2.38. The summed E-state index contributed by atoms with van der Waals surface area (Å²) < 4.78 is 0. The van der Waals surface area contributed by atoms with Crippen molar-refractivity contribution in [1.29, 1.82) is 0 Å². The molecule has 0 aromatic heterocycles. The van der Waals surface area contributed by atoms with Gasteiger partial charge in [-0.1, -0.05) is 70.5 Å². The predicted molar refractivity (Wildman–Crippen MR) is 81.0 cm³/mol. The zero-order chi connectivity index (χ0) is 14.1. The highest BCUT2D eigenvalue weighted by Gasteiger charge is 2.00. The van der Waals surface area contributed by atoms with Gasteiger partial charge in [0.2, 0.25) is 0 Å². The van der Waals surface area contributed by atoms with E-state index < -0.39 is 0 Å². The number of carbonyl (C=O) groups is 1. The van der Waals surface area contributed by atoms with Crippen molar-refractivity contribution in [3.63, 3.8) is 0 Å². The Kier molecular flexibility index (Phi) is 23.8. The van der Waals surface area contributed by atoms with Crippen molar-refractivity contribution in [2.24, 2.45) is 0 Å². The average molecular weight is 237 g/mol. The van der Waals surface area contributed by atoms with E-state index in [1.807, 2.05) is 20.8 Å². The molecule has 2 nitrogen and oxygen atoms in total. The second-order valence-electron chi connectivity index (χ2n) is 2.39. The van der Waals surface area contributed by atoms with E-state index in [0.29, 0.717) is 12.1 Å². The summed E-state index contributed by atoms with van der Waals surface area (Å²) in [6.07, 6.45) is 7.97. The molecular formula is C15H27NO. The molecule has 0 heterocycles. The molecule has 0 unspecified atom stereocenters. The van der Waals surface area contributed by atoms with Crippen molar-refractivity contribution in [2.75, 3.05) is 6.54 Å². The first-order valence-corrected chi connectivity index (χ1v) is 5.64. The molecule has 0 aromatic rings. The number of carbonyl (C=O) groups excluding carboxylic acids is 1. The van der Waals surface area contributed by atoms with Gasteiger partial charge in [-0.25, -0.2) is 0 Å². The molecule has 0 atom stereocenters. The van der Waals surface area contributed by atoms with Crippen LogP contribution in [0.4, 0.5) is 0 Å². The molecular weight excluding hydrogens is 210 g/mol. The molecule has 0 saturated heterocycles. The van der Waals surface area contributed by atoms with Gasteiger partial charge in [0, 0.05) is 13.5 Å². The van der Waals surface area contributed by atoms with Gasteiger partial charge in [-0.3, -0.25) is 4.79 Å². The molecule has 1 amide bonds. The lowest BCUT2D eigenvalue weighted by molar-refractivity contribution is -0.117. The summed E-state index contributed by atoms with van der Waals surface area (Å²) in [5.74, 6) is -0.109. The summed E-state index contributed by atoms with van der Waals surface area (Å²) in [6, 6.07) is 0. The van der Waals surface area contributed by atoms with Crippen molar-refractivity contribution >= 4 is 5.91 Å². The Morgan fingerprint density at radius 3 is 1.82 bits per heavy atom. The second kappa shape index (κ2) is 19.7. The SMILES string of the molecule is C=C/C=C(\C=C)C(=O)NCC.C=CC=C.CC.[HH]. The van der Waals surface area contributed by atoms with Crippen LogP contribution in [0.5, 0.6) is 0 Å². The van der Waals surface area contributed by atoms with Gasteiger partial charge in [0.15, 0.2) is 0 Å². The van der Waals surface area contributed by atoms with Gasteiger partial charge in [-0.15, -0.1) is 0 Å². The Morgan fingerprint density at radius 2 is 1.59 bits per heavy atom. The number of allylic oxidation sites excluding steroid dienone is 4. The topological polar surface area (TPSA) is 29.1 Å². The molecule has 0 spiro atoms. The summed E-state index contributed by atoms with van der Waals surface area (Å²) >= 11 is 0. The largest absolute Gasteiger partial charge is 0.352 e. The fourth-order valence-corrected chi connectivity index (χ4v) is 0.626. The molecule has 1 N–H and O–H groups in total. The third kappa shape index (κ3) is 16.8. The smallest absolute Gasteiger partial charge is 0.251 e. The fourth-order valence-electron chi connectivity index (χ4n) is 0.626. The third-order valence-corrected chi connectivity index (χ3v) is 1.28. The highest BCUT2D eigenvalue weighted by molar-refractivity contribution is 5.96. The van der Waals surface area contributed by atoms with Gasteiger partial charge >= 0.3 is 0 Å². The highest BCUT2D eigenvalue weighted by atomic mass is 16.1. The minimum Gasteiger partial charge on any atom is -0.352 e. The summed E-state index contributed by atoms with van der Waals surface area (Å²) in [4.78, 5) is 11.1. The van der Waals surface area contributed by atoms with Gasteiger partial charge in [-0.2, -0.15) is 0 Å². The number of nitrogens with one attached hydrogen (secondary N) is 1. The van der Waals surface area contributed by atoms with Crippen molar-refractivity contribution in [2.45, 2.75) is 20.8 Å². The van der Waals surface area contributed by atoms with Crippen LogP contribution < -0.4 is 5.32 Å². The van der Waals surface area contributed by atoms with Crippen LogP contribution in [0.2, 0.25) is 0 Å². The molecule has 0 bridgehead atoms. The molecule has 0 rings (SSSR count). The van der Waals surface area contributed by atoms with Crippen molar-refractivity contribution < 1.29 is 6.22 Å². The normalized spacial score (nSPS) is 8.29. The van der Waals surface area contributed by atoms with Gasteiger partial charge in [-0.05, 0) is 6.92 Å². The van der Waals surface area contributed by atoms with Crippen LogP contribution in [0.15, 0.2) is 62.3 Å². The monoisotopic (exact) mass is 237 g/mol. The lowest BCUT2D eigenvalue weighted by Gasteiger charge is -2.00. The molecule has 0 aliphatic rings. The molecule has 2 heteroatoms. The maximum absolute atomic E-state index is 11.1. The van der Waals surface area contributed by atoms with E-state index in [-0.39, 0.29) is 7.33 Å². The summed E-state index contributed by atoms with van der Waals surface area (Å²) in [7, 11) is 0. The van der Waals surface area contributed by atoms with Crippen LogP contribution >= 0.6 is 0 Å². The van der Waals surface area contributed by atoms with Crippen LogP contribution in [0.25, 0.3) is 0 Å². The van der Waals surface area contributed by atoms with E-state index in [1.54, 1.807) is 24.3 Å². The van der Waals surface area contributed by atoms with Gasteiger partial charge < -0.3 is 5.32 Å². The van der Waals surface area contributed by atoms with Crippen LogP contribution in [-0.2, 0) is 4.79 Å². The minimum atomic E-state index is -0.109. The van der Waals surface area contributed by atoms with Crippen LogP contribution in [0.3, 0.4) is 0 Å². The number of amides is 1. The Labute approximate surface area is 108 Å².